The summed E-state index contributed by atoms with van der Waals surface area (Å²) in [7, 11) is 0. The smallest absolute Gasteiger partial charge is 0.316 e. The number of primary amides is 1. The molecule has 0 saturated carbocycles. The van der Waals surface area contributed by atoms with Gasteiger partial charge in [0.2, 0.25) is 0 Å². The molecule has 0 atom stereocenters. The van der Waals surface area contributed by atoms with Crippen molar-refractivity contribution in [1.29, 1.82) is 0 Å². The van der Waals surface area contributed by atoms with E-state index in [4.69, 9.17) is 5.73 Å². The Labute approximate surface area is 123 Å². The first-order valence-corrected chi connectivity index (χ1v) is 6.62. The summed E-state index contributed by atoms with van der Waals surface area (Å²) in [6.07, 6.45) is 0. The van der Waals surface area contributed by atoms with Crippen molar-refractivity contribution in [2.24, 2.45) is 16.0 Å². The molecule has 0 radical (unpaired) electrons. The van der Waals surface area contributed by atoms with Crippen molar-refractivity contribution in [2.75, 3.05) is 5.32 Å². The lowest BCUT2D eigenvalue weighted by Gasteiger charge is -2.06. The highest BCUT2D eigenvalue weighted by Crippen LogP contribution is 2.29. The maximum Gasteiger partial charge on any atom is 0.316 e. The summed E-state index contributed by atoms with van der Waals surface area (Å²) in [6, 6.07) is 10.8. The highest BCUT2D eigenvalue weighted by atomic mass is 16.2. The molecule has 5 nitrogen and oxygen atoms in total. The van der Waals surface area contributed by atoms with Crippen LogP contribution in [0.4, 0.5) is 21.9 Å². The Morgan fingerprint density at radius 1 is 0.952 bits per heavy atom. The molecule has 108 valence electrons. The molecular weight excluding hydrogens is 264 g/mol. The third kappa shape index (κ3) is 3.89. The highest BCUT2D eigenvalue weighted by Gasteiger charge is 2.05. The number of anilines is 1. The molecule has 0 aliphatic rings. The predicted molar refractivity (Wildman–Crippen MR) is 84.5 cm³/mol. The maximum absolute atomic E-state index is 11.0. The molecule has 0 aliphatic heterocycles. The van der Waals surface area contributed by atoms with E-state index in [0.29, 0.717) is 11.4 Å². The topological polar surface area (TPSA) is 79.8 Å². The second-order valence-corrected chi connectivity index (χ2v) is 5.00. The normalized spacial score (nSPS) is 10.8. The minimum atomic E-state index is -0.622. The fourth-order valence-electron chi connectivity index (χ4n) is 2.00. The summed E-state index contributed by atoms with van der Waals surface area (Å²) in [6.45, 7) is 5.94. The first-order chi connectivity index (χ1) is 9.95. The number of benzene rings is 2. The van der Waals surface area contributed by atoms with E-state index in [0.717, 1.165) is 16.8 Å². The number of azo groups is 1. The van der Waals surface area contributed by atoms with Gasteiger partial charge in [0, 0.05) is 0 Å². The number of amides is 2. The van der Waals surface area contributed by atoms with Crippen molar-refractivity contribution in [1.82, 2.24) is 0 Å². The van der Waals surface area contributed by atoms with Crippen LogP contribution in [0, 0.1) is 20.8 Å². The van der Waals surface area contributed by atoms with Gasteiger partial charge in [0.05, 0.1) is 11.4 Å². The quantitative estimate of drug-likeness (QED) is 0.797. The molecule has 0 aliphatic carbocycles. The summed E-state index contributed by atoms with van der Waals surface area (Å²) < 4.78 is 0. The number of carbonyl (C=O) groups excluding carboxylic acids is 1. The number of nitrogens with one attached hydrogen (secondary N) is 1. The average Bonchev–Trinajstić information content (AvgIpc) is 2.39. The number of urea groups is 1. The summed E-state index contributed by atoms with van der Waals surface area (Å²) in [5.41, 5.74) is 10.3. The third-order valence-corrected chi connectivity index (χ3v) is 3.03. The van der Waals surface area contributed by atoms with Gasteiger partial charge in [0.15, 0.2) is 0 Å². The van der Waals surface area contributed by atoms with Crippen LogP contribution >= 0.6 is 0 Å². The molecular formula is C16H18N4O. The van der Waals surface area contributed by atoms with Gasteiger partial charge in [0.25, 0.3) is 0 Å². The van der Waals surface area contributed by atoms with E-state index in [-0.39, 0.29) is 0 Å². The largest absolute Gasteiger partial charge is 0.351 e. The van der Waals surface area contributed by atoms with Crippen molar-refractivity contribution >= 4 is 23.1 Å². The highest BCUT2D eigenvalue weighted by molar-refractivity contribution is 5.91. The van der Waals surface area contributed by atoms with Crippen LogP contribution in [-0.4, -0.2) is 6.03 Å². The van der Waals surface area contributed by atoms with Crippen molar-refractivity contribution in [3.63, 3.8) is 0 Å². The fraction of sp³-hybridized carbons (Fsp3) is 0.188. The van der Waals surface area contributed by atoms with Gasteiger partial charge < -0.3 is 11.1 Å². The van der Waals surface area contributed by atoms with Crippen LogP contribution in [0.1, 0.15) is 16.7 Å². The Morgan fingerprint density at radius 2 is 1.52 bits per heavy atom. The summed E-state index contributed by atoms with van der Waals surface area (Å²) in [5.74, 6) is 0. The van der Waals surface area contributed by atoms with Crippen molar-refractivity contribution in [3.05, 3.63) is 53.1 Å². The standard InChI is InChI=1S/C16H18N4O/c1-10-4-6-13(12(3)8-10)19-20-14-7-5-11(2)9-15(14)18-16(17)21/h4-9H,1-3H3,(H3,17,18,21). The van der Waals surface area contributed by atoms with E-state index in [2.05, 4.69) is 15.5 Å². The molecule has 0 bridgehead atoms. The minimum absolute atomic E-state index is 0.552. The Bertz CT molecular complexity index is 707. The van der Waals surface area contributed by atoms with Gasteiger partial charge in [-0.25, -0.2) is 4.79 Å². The van der Waals surface area contributed by atoms with Crippen LogP contribution in [0.5, 0.6) is 0 Å². The van der Waals surface area contributed by atoms with Crippen molar-refractivity contribution < 1.29 is 4.79 Å². The molecule has 2 aromatic carbocycles. The zero-order valence-electron chi connectivity index (χ0n) is 12.3. The number of carbonyl (C=O) groups is 1. The van der Waals surface area contributed by atoms with Gasteiger partial charge in [-0.3, -0.25) is 0 Å². The Kier molecular flexibility index (Phi) is 4.33. The summed E-state index contributed by atoms with van der Waals surface area (Å²) >= 11 is 0. The van der Waals surface area contributed by atoms with Crippen LogP contribution in [-0.2, 0) is 0 Å². The Morgan fingerprint density at radius 3 is 2.14 bits per heavy atom. The van der Waals surface area contributed by atoms with E-state index < -0.39 is 6.03 Å². The number of hydrogen-bond acceptors (Lipinski definition) is 3. The molecule has 5 heteroatoms. The van der Waals surface area contributed by atoms with Crippen LogP contribution in [0.2, 0.25) is 0 Å². The first-order valence-electron chi connectivity index (χ1n) is 6.62. The predicted octanol–water partition coefficient (Wildman–Crippen LogP) is 4.52. The second kappa shape index (κ2) is 6.17. The monoisotopic (exact) mass is 282 g/mol. The van der Waals surface area contributed by atoms with Crippen LogP contribution in [0.25, 0.3) is 0 Å². The number of hydrogen-bond donors (Lipinski definition) is 2. The van der Waals surface area contributed by atoms with E-state index in [1.54, 1.807) is 12.1 Å². The zero-order chi connectivity index (χ0) is 15.4. The number of nitrogens with zero attached hydrogens (tertiary/aromatic N) is 2. The molecule has 2 aromatic rings. The second-order valence-electron chi connectivity index (χ2n) is 5.00. The van der Waals surface area contributed by atoms with Crippen LogP contribution in [0.15, 0.2) is 46.6 Å². The van der Waals surface area contributed by atoms with Crippen LogP contribution in [0.3, 0.4) is 0 Å². The summed E-state index contributed by atoms with van der Waals surface area (Å²) in [4.78, 5) is 11.0. The fourth-order valence-corrected chi connectivity index (χ4v) is 2.00. The van der Waals surface area contributed by atoms with Gasteiger partial charge in [-0.15, -0.1) is 5.11 Å². The number of rotatable bonds is 3. The molecule has 0 fully saturated rings. The number of nitrogens with two attached hydrogens (primary N) is 1. The minimum Gasteiger partial charge on any atom is -0.351 e. The summed E-state index contributed by atoms with van der Waals surface area (Å²) in [5, 5.41) is 11.0. The third-order valence-electron chi connectivity index (χ3n) is 3.03. The lowest BCUT2D eigenvalue weighted by Crippen LogP contribution is -2.19. The molecule has 2 amide bonds. The van der Waals surface area contributed by atoms with Gasteiger partial charge in [0.1, 0.15) is 5.69 Å². The first kappa shape index (κ1) is 14.7. The molecule has 0 unspecified atom stereocenters. The molecule has 0 saturated heterocycles. The molecule has 0 heterocycles. The molecule has 0 spiro atoms. The van der Waals surface area contributed by atoms with E-state index >= 15 is 0 Å². The van der Waals surface area contributed by atoms with Gasteiger partial charge in [-0.2, -0.15) is 5.11 Å². The zero-order valence-corrected chi connectivity index (χ0v) is 12.3. The molecule has 0 aromatic heterocycles. The lowest BCUT2D eigenvalue weighted by atomic mass is 10.1. The van der Waals surface area contributed by atoms with Gasteiger partial charge in [-0.05, 0) is 50.1 Å². The van der Waals surface area contributed by atoms with E-state index in [1.165, 1.54) is 5.56 Å². The van der Waals surface area contributed by atoms with Crippen molar-refractivity contribution in [3.8, 4) is 0 Å². The van der Waals surface area contributed by atoms with Gasteiger partial charge in [-0.1, -0.05) is 23.8 Å². The van der Waals surface area contributed by atoms with E-state index in [1.807, 2.05) is 45.0 Å². The molecule has 2 rings (SSSR count). The lowest BCUT2D eigenvalue weighted by molar-refractivity contribution is 0.259. The average molecular weight is 282 g/mol. The molecule has 21 heavy (non-hydrogen) atoms. The maximum atomic E-state index is 11.0. The van der Waals surface area contributed by atoms with Crippen LogP contribution < -0.4 is 11.1 Å². The van der Waals surface area contributed by atoms with Crippen molar-refractivity contribution in [2.45, 2.75) is 20.8 Å². The van der Waals surface area contributed by atoms with E-state index in [9.17, 15) is 4.79 Å². The van der Waals surface area contributed by atoms with Gasteiger partial charge >= 0.3 is 6.03 Å². The number of aryl methyl sites for hydroxylation is 3. The Balaban J connectivity index is 2.34. The molecule has 3 N–H and O–H groups in total. The SMILES string of the molecule is Cc1ccc(N=Nc2ccc(C)cc2NC(N)=O)c(C)c1. The Hall–Kier alpha value is -2.69.